The van der Waals surface area contributed by atoms with Crippen LogP contribution in [0.25, 0.3) is 0 Å². The van der Waals surface area contributed by atoms with Gasteiger partial charge in [-0.25, -0.2) is 4.98 Å². The van der Waals surface area contributed by atoms with Crippen LogP contribution in [0.3, 0.4) is 0 Å². The highest BCUT2D eigenvalue weighted by Crippen LogP contribution is 2.17. The molecule has 0 saturated carbocycles. The molecule has 0 bridgehead atoms. The van der Waals surface area contributed by atoms with Crippen LogP contribution in [0.1, 0.15) is 16.8 Å². The Hall–Kier alpha value is -2.11. The van der Waals surface area contributed by atoms with Gasteiger partial charge in [0.25, 0.3) is 5.91 Å². The van der Waals surface area contributed by atoms with Gasteiger partial charge in [-0.2, -0.15) is 0 Å². The van der Waals surface area contributed by atoms with Gasteiger partial charge in [0, 0.05) is 29.4 Å². The van der Waals surface area contributed by atoms with Crippen LogP contribution in [0.2, 0.25) is 5.02 Å². The number of pyridine rings is 1. The van der Waals surface area contributed by atoms with E-state index in [0.717, 1.165) is 6.42 Å². The van der Waals surface area contributed by atoms with Gasteiger partial charge in [0.15, 0.2) is 0 Å². The predicted molar refractivity (Wildman–Crippen MR) is 83.5 cm³/mol. The Labute approximate surface area is 133 Å². The summed E-state index contributed by atoms with van der Waals surface area (Å²) in [5.74, 6) is 0.250. The van der Waals surface area contributed by atoms with Crippen molar-refractivity contribution in [3.63, 3.8) is 0 Å². The van der Waals surface area contributed by atoms with Crippen LogP contribution in [0.4, 0.5) is 5.69 Å². The number of rotatable bonds is 4. The maximum Gasteiger partial charge on any atom is 0.257 e. The van der Waals surface area contributed by atoms with Gasteiger partial charge in [-0.15, -0.1) is 0 Å². The lowest BCUT2D eigenvalue weighted by atomic mass is 10.2. The number of carbonyl (C=O) groups is 1. The molecule has 1 fully saturated rings. The monoisotopic (exact) mass is 318 g/mol. The summed E-state index contributed by atoms with van der Waals surface area (Å²) in [5.41, 5.74) is 1.09. The molecular weight excluding hydrogens is 304 g/mol. The zero-order chi connectivity index (χ0) is 15.4. The van der Waals surface area contributed by atoms with Crippen molar-refractivity contribution in [2.45, 2.75) is 12.5 Å². The van der Waals surface area contributed by atoms with Crippen molar-refractivity contribution in [3.05, 3.63) is 53.2 Å². The number of anilines is 1. The Kier molecular flexibility index (Phi) is 4.56. The zero-order valence-electron chi connectivity index (χ0n) is 11.8. The first-order valence-corrected chi connectivity index (χ1v) is 7.36. The molecule has 1 amide bonds. The Morgan fingerprint density at radius 1 is 1.36 bits per heavy atom. The van der Waals surface area contributed by atoms with Gasteiger partial charge in [-0.3, -0.25) is 4.79 Å². The summed E-state index contributed by atoms with van der Waals surface area (Å²) in [4.78, 5) is 16.3. The number of hydrogen-bond acceptors (Lipinski definition) is 4. The number of nitrogens with zero attached hydrogens (tertiary/aromatic N) is 1. The minimum atomic E-state index is -0.245. The van der Waals surface area contributed by atoms with Crippen LogP contribution in [0.15, 0.2) is 42.6 Å². The van der Waals surface area contributed by atoms with E-state index in [1.165, 1.54) is 6.20 Å². The van der Waals surface area contributed by atoms with E-state index < -0.39 is 0 Å². The molecule has 2 aromatic rings. The van der Waals surface area contributed by atoms with Crippen LogP contribution in [0, 0.1) is 0 Å². The van der Waals surface area contributed by atoms with Gasteiger partial charge in [0.2, 0.25) is 5.88 Å². The minimum Gasteiger partial charge on any atom is -0.472 e. The van der Waals surface area contributed by atoms with E-state index in [1.807, 2.05) is 0 Å². The quantitative estimate of drug-likeness (QED) is 0.940. The lowest BCUT2D eigenvalue weighted by Crippen LogP contribution is -2.17. The zero-order valence-corrected chi connectivity index (χ0v) is 12.5. The predicted octanol–water partition coefficient (Wildman–Crippen LogP) is 3.16. The SMILES string of the molecule is O=C(Nc1cccc(Cl)c1)c1ccc(OC2CCOC2)nc1. The molecule has 1 atom stereocenters. The normalized spacial score (nSPS) is 17.2. The lowest BCUT2D eigenvalue weighted by Gasteiger charge is -2.11. The van der Waals surface area contributed by atoms with Gasteiger partial charge >= 0.3 is 0 Å². The second-order valence-electron chi connectivity index (χ2n) is 4.95. The largest absolute Gasteiger partial charge is 0.472 e. The van der Waals surface area contributed by atoms with Gasteiger partial charge in [-0.1, -0.05) is 17.7 Å². The van der Waals surface area contributed by atoms with Gasteiger partial charge < -0.3 is 14.8 Å². The Morgan fingerprint density at radius 3 is 2.95 bits per heavy atom. The second-order valence-corrected chi connectivity index (χ2v) is 5.39. The van der Waals surface area contributed by atoms with Crippen molar-refractivity contribution in [3.8, 4) is 5.88 Å². The minimum absolute atomic E-state index is 0.0404. The molecule has 1 N–H and O–H groups in total. The van der Waals surface area contributed by atoms with Crippen molar-refractivity contribution in [1.29, 1.82) is 0 Å². The first-order chi connectivity index (χ1) is 10.7. The van der Waals surface area contributed by atoms with Crippen LogP contribution < -0.4 is 10.1 Å². The fourth-order valence-corrected chi connectivity index (χ4v) is 2.32. The third-order valence-electron chi connectivity index (χ3n) is 3.26. The number of halogens is 1. The number of hydrogen-bond donors (Lipinski definition) is 1. The standard InChI is InChI=1S/C16H15ClN2O3/c17-12-2-1-3-13(8-12)19-16(20)11-4-5-15(18-9-11)22-14-6-7-21-10-14/h1-5,8-9,14H,6-7,10H2,(H,19,20). The summed E-state index contributed by atoms with van der Waals surface area (Å²) in [6.07, 6.45) is 2.39. The van der Waals surface area contributed by atoms with Crippen LogP contribution in [-0.2, 0) is 4.74 Å². The van der Waals surface area contributed by atoms with E-state index in [0.29, 0.717) is 35.4 Å². The maximum absolute atomic E-state index is 12.1. The Bertz CT molecular complexity index is 655. The third kappa shape index (κ3) is 3.75. The van der Waals surface area contributed by atoms with E-state index in [9.17, 15) is 4.79 Å². The van der Waals surface area contributed by atoms with E-state index in [4.69, 9.17) is 21.1 Å². The summed E-state index contributed by atoms with van der Waals surface area (Å²) in [7, 11) is 0. The van der Waals surface area contributed by atoms with E-state index in [2.05, 4.69) is 10.3 Å². The van der Waals surface area contributed by atoms with Gasteiger partial charge in [-0.05, 0) is 24.3 Å². The van der Waals surface area contributed by atoms with E-state index in [-0.39, 0.29) is 12.0 Å². The molecule has 6 heteroatoms. The highest BCUT2D eigenvalue weighted by atomic mass is 35.5. The average Bonchev–Trinajstić information content (AvgIpc) is 3.01. The molecule has 0 radical (unpaired) electrons. The van der Waals surface area contributed by atoms with Crippen molar-refractivity contribution < 1.29 is 14.3 Å². The number of ether oxygens (including phenoxy) is 2. The number of carbonyl (C=O) groups excluding carboxylic acids is 1. The molecule has 22 heavy (non-hydrogen) atoms. The molecule has 1 aromatic carbocycles. The fraction of sp³-hybridized carbons (Fsp3) is 0.250. The highest BCUT2D eigenvalue weighted by Gasteiger charge is 2.17. The Balaban J connectivity index is 1.63. The molecule has 1 aliphatic heterocycles. The lowest BCUT2D eigenvalue weighted by molar-refractivity contribution is 0.102. The van der Waals surface area contributed by atoms with Gasteiger partial charge in [0.1, 0.15) is 6.10 Å². The van der Waals surface area contributed by atoms with Crippen molar-refractivity contribution in [1.82, 2.24) is 4.98 Å². The number of aromatic nitrogens is 1. The van der Waals surface area contributed by atoms with Crippen LogP contribution >= 0.6 is 11.6 Å². The van der Waals surface area contributed by atoms with Crippen molar-refractivity contribution >= 4 is 23.2 Å². The summed E-state index contributed by atoms with van der Waals surface area (Å²) in [6, 6.07) is 10.3. The summed E-state index contributed by atoms with van der Waals surface area (Å²) in [5, 5.41) is 3.34. The summed E-state index contributed by atoms with van der Waals surface area (Å²) in [6.45, 7) is 1.30. The molecule has 1 unspecified atom stereocenters. The molecule has 2 heterocycles. The molecule has 0 spiro atoms. The van der Waals surface area contributed by atoms with Crippen LogP contribution in [0.5, 0.6) is 5.88 Å². The summed E-state index contributed by atoms with van der Waals surface area (Å²) >= 11 is 5.89. The molecular formula is C16H15ClN2O3. The molecule has 5 nitrogen and oxygen atoms in total. The highest BCUT2D eigenvalue weighted by molar-refractivity contribution is 6.30. The Morgan fingerprint density at radius 2 is 2.27 bits per heavy atom. The topological polar surface area (TPSA) is 60.5 Å². The molecule has 0 aliphatic carbocycles. The van der Waals surface area contributed by atoms with Crippen molar-refractivity contribution in [2.75, 3.05) is 18.5 Å². The third-order valence-corrected chi connectivity index (χ3v) is 3.49. The molecule has 1 saturated heterocycles. The molecule has 114 valence electrons. The number of benzene rings is 1. The maximum atomic E-state index is 12.1. The molecule has 1 aliphatic rings. The van der Waals surface area contributed by atoms with Gasteiger partial charge in [0.05, 0.1) is 18.8 Å². The second kappa shape index (κ2) is 6.77. The van der Waals surface area contributed by atoms with E-state index in [1.54, 1.807) is 36.4 Å². The average molecular weight is 319 g/mol. The first-order valence-electron chi connectivity index (χ1n) is 6.98. The van der Waals surface area contributed by atoms with E-state index >= 15 is 0 Å². The molecule has 1 aromatic heterocycles. The molecule has 3 rings (SSSR count). The first kappa shape index (κ1) is 14.8. The fourth-order valence-electron chi connectivity index (χ4n) is 2.13. The number of nitrogens with one attached hydrogen (secondary N) is 1. The number of amides is 1. The van der Waals surface area contributed by atoms with Crippen molar-refractivity contribution in [2.24, 2.45) is 0 Å². The smallest absolute Gasteiger partial charge is 0.257 e. The van der Waals surface area contributed by atoms with Crippen LogP contribution in [-0.4, -0.2) is 30.2 Å². The summed E-state index contributed by atoms with van der Waals surface area (Å²) < 4.78 is 10.9.